The zero-order valence-corrected chi connectivity index (χ0v) is 11.4. The molecular formula is C14H17ClN2O2. The predicted molar refractivity (Wildman–Crippen MR) is 75.3 cm³/mol. The number of alkyl halides is 1. The molecule has 102 valence electrons. The Bertz CT molecular complexity index is 539. The Morgan fingerprint density at radius 1 is 1.26 bits per heavy atom. The van der Waals surface area contributed by atoms with Crippen LogP contribution in [0.1, 0.15) is 25.0 Å². The van der Waals surface area contributed by atoms with Crippen LogP contribution in [-0.4, -0.2) is 23.5 Å². The minimum absolute atomic E-state index is 0.0232. The fourth-order valence-electron chi connectivity index (χ4n) is 1.90. The lowest BCUT2D eigenvalue weighted by Gasteiger charge is -2.03. The number of rotatable bonds is 7. The van der Waals surface area contributed by atoms with E-state index in [4.69, 9.17) is 16.1 Å². The van der Waals surface area contributed by atoms with Gasteiger partial charge in [-0.3, -0.25) is 4.79 Å². The maximum absolute atomic E-state index is 11.8. The molecule has 1 aromatic carbocycles. The van der Waals surface area contributed by atoms with Gasteiger partial charge in [0.05, 0.1) is 6.42 Å². The summed E-state index contributed by atoms with van der Waals surface area (Å²) in [6.45, 7) is 0.686. The van der Waals surface area contributed by atoms with Crippen molar-refractivity contribution in [1.29, 1.82) is 0 Å². The summed E-state index contributed by atoms with van der Waals surface area (Å²) in [5.74, 6) is 0.656. The molecule has 0 aliphatic heterocycles. The fraction of sp³-hybridized carbons (Fsp3) is 0.429. The van der Waals surface area contributed by atoms with Crippen molar-refractivity contribution in [2.24, 2.45) is 0 Å². The van der Waals surface area contributed by atoms with Gasteiger partial charge in [-0.25, -0.2) is 0 Å². The molecule has 0 saturated carbocycles. The first kappa shape index (κ1) is 13.9. The van der Waals surface area contributed by atoms with Crippen molar-refractivity contribution in [2.45, 2.75) is 25.7 Å². The largest absolute Gasteiger partial charge is 0.356 e. The van der Waals surface area contributed by atoms with Gasteiger partial charge in [0.2, 0.25) is 5.91 Å². The summed E-state index contributed by atoms with van der Waals surface area (Å²) < 4.78 is 5.16. The number of unbranched alkanes of at least 4 members (excludes halogenated alkanes) is 2. The number of hydrogen-bond donors (Lipinski definition) is 1. The van der Waals surface area contributed by atoms with Crippen LogP contribution in [0.15, 0.2) is 28.8 Å². The topological polar surface area (TPSA) is 55.1 Å². The number of aromatic nitrogens is 1. The van der Waals surface area contributed by atoms with E-state index in [1.807, 2.05) is 24.3 Å². The van der Waals surface area contributed by atoms with E-state index >= 15 is 0 Å². The van der Waals surface area contributed by atoms with Crippen LogP contribution in [0.3, 0.4) is 0 Å². The standard InChI is InChI=1S/C14H17ClN2O2/c15-8-4-1-5-9-16-14(18)10-12-11-6-2-3-7-13(11)19-17-12/h2-3,6-7H,1,4-5,8-10H2,(H,16,18). The van der Waals surface area contributed by atoms with Crippen molar-refractivity contribution in [3.8, 4) is 0 Å². The first-order valence-corrected chi connectivity index (χ1v) is 7.00. The zero-order valence-electron chi connectivity index (χ0n) is 10.7. The van der Waals surface area contributed by atoms with E-state index in [-0.39, 0.29) is 12.3 Å². The Labute approximate surface area is 117 Å². The number of nitrogens with one attached hydrogen (secondary N) is 1. The van der Waals surface area contributed by atoms with E-state index in [0.29, 0.717) is 23.7 Å². The maximum atomic E-state index is 11.8. The van der Waals surface area contributed by atoms with Gasteiger partial charge < -0.3 is 9.84 Å². The van der Waals surface area contributed by atoms with Crippen molar-refractivity contribution in [3.05, 3.63) is 30.0 Å². The van der Waals surface area contributed by atoms with Crippen LogP contribution in [-0.2, 0) is 11.2 Å². The lowest BCUT2D eigenvalue weighted by Crippen LogP contribution is -2.26. The van der Waals surface area contributed by atoms with Crippen molar-refractivity contribution < 1.29 is 9.32 Å². The number of benzene rings is 1. The van der Waals surface area contributed by atoms with Crippen LogP contribution in [0.5, 0.6) is 0 Å². The highest BCUT2D eigenvalue weighted by molar-refractivity contribution is 6.17. The molecule has 1 aromatic heterocycles. The second-order valence-corrected chi connectivity index (χ2v) is 4.78. The van der Waals surface area contributed by atoms with Crippen molar-refractivity contribution >= 4 is 28.5 Å². The van der Waals surface area contributed by atoms with Crippen molar-refractivity contribution in [1.82, 2.24) is 10.5 Å². The molecular weight excluding hydrogens is 264 g/mol. The highest BCUT2D eigenvalue weighted by Crippen LogP contribution is 2.17. The van der Waals surface area contributed by atoms with Gasteiger partial charge in [-0.15, -0.1) is 11.6 Å². The zero-order chi connectivity index (χ0) is 13.5. The SMILES string of the molecule is O=C(Cc1noc2ccccc12)NCCCCCCl. The molecule has 0 spiro atoms. The number of amides is 1. The molecule has 4 nitrogen and oxygen atoms in total. The van der Waals surface area contributed by atoms with Gasteiger partial charge in [0.15, 0.2) is 5.58 Å². The lowest BCUT2D eigenvalue weighted by molar-refractivity contribution is -0.120. The Balaban J connectivity index is 1.82. The van der Waals surface area contributed by atoms with Crippen LogP contribution in [0, 0.1) is 0 Å². The molecule has 0 saturated heterocycles. The second-order valence-electron chi connectivity index (χ2n) is 4.40. The molecule has 0 unspecified atom stereocenters. The minimum Gasteiger partial charge on any atom is -0.356 e. The number of carbonyl (C=O) groups is 1. The van der Waals surface area contributed by atoms with Gasteiger partial charge in [-0.1, -0.05) is 23.7 Å². The monoisotopic (exact) mass is 280 g/mol. The number of nitrogens with zero attached hydrogens (tertiary/aromatic N) is 1. The minimum atomic E-state index is -0.0232. The first-order chi connectivity index (χ1) is 9.31. The van der Waals surface area contributed by atoms with Crippen LogP contribution < -0.4 is 5.32 Å². The summed E-state index contributed by atoms with van der Waals surface area (Å²) in [5.41, 5.74) is 1.40. The molecule has 1 N–H and O–H groups in total. The Morgan fingerprint density at radius 2 is 2.11 bits per heavy atom. The molecule has 0 radical (unpaired) electrons. The molecule has 0 fully saturated rings. The van der Waals surface area contributed by atoms with E-state index < -0.39 is 0 Å². The highest BCUT2D eigenvalue weighted by Gasteiger charge is 2.11. The van der Waals surface area contributed by atoms with E-state index in [1.54, 1.807) is 0 Å². The number of halogens is 1. The molecule has 0 aliphatic carbocycles. The van der Waals surface area contributed by atoms with Gasteiger partial charge in [0.1, 0.15) is 5.69 Å². The summed E-state index contributed by atoms with van der Waals surface area (Å²) >= 11 is 5.59. The summed E-state index contributed by atoms with van der Waals surface area (Å²) in [6, 6.07) is 7.55. The maximum Gasteiger partial charge on any atom is 0.226 e. The van der Waals surface area contributed by atoms with E-state index in [0.717, 1.165) is 24.6 Å². The van der Waals surface area contributed by atoms with Crippen LogP contribution >= 0.6 is 11.6 Å². The Hall–Kier alpha value is -1.55. The molecule has 2 rings (SSSR count). The van der Waals surface area contributed by atoms with Crippen LogP contribution in [0.25, 0.3) is 11.0 Å². The average Bonchev–Trinajstić information content (AvgIpc) is 2.82. The third-order valence-corrected chi connectivity index (χ3v) is 3.18. The smallest absolute Gasteiger partial charge is 0.226 e. The third kappa shape index (κ3) is 3.96. The normalized spacial score (nSPS) is 10.8. The Morgan fingerprint density at radius 3 is 2.95 bits per heavy atom. The summed E-state index contributed by atoms with van der Waals surface area (Å²) in [4.78, 5) is 11.8. The van der Waals surface area contributed by atoms with Gasteiger partial charge in [0, 0.05) is 17.8 Å². The highest BCUT2D eigenvalue weighted by atomic mass is 35.5. The Kier molecular flexibility index (Phi) is 5.21. The fourth-order valence-corrected chi connectivity index (χ4v) is 2.09. The summed E-state index contributed by atoms with van der Waals surface area (Å²) in [6.07, 6.45) is 3.24. The molecule has 1 amide bonds. The van der Waals surface area contributed by atoms with Gasteiger partial charge in [0.25, 0.3) is 0 Å². The van der Waals surface area contributed by atoms with E-state index in [2.05, 4.69) is 10.5 Å². The molecule has 1 heterocycles. The van der Waals surface area contributed by atoms with E-state index in [1.165, 1.54) is 0 Å². The van der Waals surface area contributed by atoms with Crippen LogP contribution in [0.2, 0.25) is 0 Å². The number of hydrogen-bond acceptors (Lipinski definition) is 3. The van der Waals surface area contributed by atoms with Gasteiger partial charge in [-0.2, -0.15) is 0 Å². The van der Waals surface area contributed by atoms with Crippen molar-refractivity contribution in [2.75, 3.05) is 12.4 Å². The summed E-state index contributed by atoms with van der Waals surface area (Å²) in [7, 11) is 0. The van der Waals surface area contributed by atoms with E-state index in [9.17, 15) is 4.79 Å². The molecule has 0 aliphatic rings. The average molecular weight is 281 g/mol. The molecule has 2 aromatic rings. The number of para-hydroxylation sites is 1. The molecule has 5 heteroatoms. The van der Waals surface area contributed by atoms with Crippen molar-refractivity contribution in [3.63, 3.8) is 0 Å². The first-order valence-electron chi connectivity index (χ1n) is 6.47. The predicted octanol–water partition coefficient (Wildman–Crippen LogP) is 2.90. The quantitative estimate of drug-likeness (QED) is 0.627. The molecule has 19 heavy (non-hydrogen) atoms. The van der Waals surface area contributed by atoms with Gasteiger partial charge >= 0.3 is 0 Å². The number of fused-ring (bicyclic) bond motifs is 1. The van der Waals surface area contributed by atoms with Crippen LogP contribution in [0.4, 0.5) is 0 Å². The summed E-state index contributed by atoms with van der Waals surface area (Å²) in [5, 5.41) is 7.72. The second kappa shape index (κ2) is 7.14. The third-order valence-electron chi connectivity index (χ3n) is 2.91. The molecule has 0 bridgehead atoms. The number of carbonyl (C=O) groups excluding carboxylic acids is 1. The molecule has 0 atom stereocenters. The van der Waals surface area contributed by atoms with Gasteiger partial charge in [-0.05, 0) is 25.0 Å². The lowest BCUT2D eigenvalue weighted by atomic mass is 10.1.